The summed E-state index contributed by atoms with van der Waals surface area (Å²) >= 11 is 0. The van der Waals surface area contributed by atoms with Crippen LogP contribution in [0, 0.1) is 0 Å². The highest BCUT2D eigenvalue weighted by atomic mass is 32.2. The summed E-state index contributed by atoms with van der Waals surface area (Å²) in [6, 6.07) is 11.5. The number of methoxy groups -OCH3 is 1. The second-order valence-corrected chi connectivity index (χ2v) is 8.07. The molecule has 0 aliphatic carbocycles. The molecule has 0 saturated carbocycles. The van der Waals surface area contributed by atoms with Gasteiger partial charge in [0.05, 0.1) is 17.7 Å². The first-order chi connectivity index (χ1) is 12.9. The summed E-state index contributed by atoms with van der Waals surface area (Å²) in [7, 11) is -2.29. The molecule has 1 saturated heterocycles. The van der Waals surface area contributed by atoms with Crippen molar-refractivity contribution in [1.82, 2.24) is 0 Å². The summed E-state index contributed by atoms with van der Waals surface area (Å²) in [4.78, 5) is 13.4. The van der Waals surface area contributed by atoms with Gasteiger partial charge in [-0.05, 0) is 55.3 Å². The Labute approximate surface area is 159 Å². The van der Waals surface area contributed by atoms with Crippen molar-refractivity contribution >= 4 is 33.0 Å². The number of carbonyl (C=O) groups is 1. The quantitative estimate of drug-likeness (QED) is 0.793. The Morgan fingerprint density at radius 1 is 1.07 bits per heavy atom. The predicted octanol–water partition coefficient (Wildman–Crippen LogP) is 3.05. The van der Waals surface area contributed by atoms with Gasteiger partial charge < -0.3 is 15.0 Å². The Morgan fingerprint density at radius 3 is 2.33 bits per heavy atom. The van der Waals surface area contributed by atoms with Gasteiger partial charge in [0, 0.05) is 31.4 Å². The number of benzene rings is 2. The number of nitrogens with zero attached hydrogens (tertiary/aromatic N) is 1. The summed E-state index contributed by atoms with van der Waals surface area (Å²) in [5.41, 5.74) is 1.90. The third kappa shape index (κ3) is 4.51. The van der Waals surface area contributed by atoms with E-state index in [2.05, 4.69) is 14.9 Å². The zero-order chi connectivity index (χ0) is 19.4. The van der Waals surface area contributed by atoms with E-state index in [1.54, 1.807) is 24.3 Å². The molecule has 1 fully saturated rings. The number of carbonyl (C=O) groups excluding carboxylic acids is 1. The highest BCUT2D eigenvalue weighted by Gasteiger charge is 2.19. The first kappa shape index (κ1) is 19.0. The molecule has 0 radical (unpaired) electrons. The monoisotopic (exact) mass is 389 g/mol. The van der Waals surface area contributed by atoms with Crippen LogP contribution in [0.2, 0.25) is 0 Å². The van der Waals surface area contributed by atoms with E-state index in [0.29, 0.717) is 17.1 Å². The van der Waals surface area contributed by atoms with E-state index < -0.39 is 10.0 Å². The Morgan fingerprint density at radius 2 is 1.74 bits per heavy atom. The van der Waals surface area contributed by atoms with E-state index in [4.69, 9.17) is 4.74 Å². The molecule has 0 aromatic heterocycles. The van der Waals surface area contributed by atoms with Crippen LogP contribution in [0.3, 0.4) is 0 Å². The van der Waals surface area contributed by atoms with Crippen LogP contribution in [0.15, 0.2) is 47.4 Å². The van der Waals surface area contributed by atoms with Crippen LogP contribution in [0.4, 0.5) is 17.1 Å². The molecule has 2 aromatic rings. The van der Waals surface area contributed by atoms with Crippen LogP contribution >= 0.6 is 0 Å². The largest absolute Gasteiger partial charge is 0.495 e. The Bertz CT molecular complexity index is 920. The zero-order valence-corrected chi connectivity index (χ0v) is 16.2. The number of rotatable bonds is 6. The van der Waals surface area contributed by atoms with Gasteiger partial charge in [-0.1, -0.05) is 0 Å². The molecule has 7 nitrogen and oxygen atoms in total. The van der Waals surface area contributed by atoms with E-state index >= 15 is 0 Å². The van der Waals surface area contributed by atoms with Gasteiger partial charge >= 0.3 is 0 Å². The molecule has 1 heterocycles. The molecule has 0 unspecified atom stereocenters. The van der Waals surface area contributed by atoms with Gasteiger partial charge in [0.2, 0.25) is 5.91 Å². The number of hydrogen-bond acceptors (Lipinski definition) is 5. The molecule has 1 aliphatic rings. The molecule has 27 heavy (non-hydrogen) atoms. The number of ether oxygens (including phenoxy) is 1. The van der Waals surface area contributed by atoms with Crippen LogP contribution in [0.25, 0.3) is 0 Å². The van der Waals surface area contributed by atoms with Crippen molar-refractivity contribution in [2.75, 3.05) is 35.1 Å². The second kappa shape index (κ2) is 7.87. The summed E-state index contributed by atoms with van der Waals surface area (Å²) in [6.45, 7) is 3.32. The average molecular weight is 389 g/mol. The molecular weight excluding hydrogens is 366 g/mol. The maximum absolute atomic E-state index is 12.8. The van der Waals surface area contributed by atoms with E-state index in [9.17, 15) is 13.2 Å². The van der Waals surface area contributed by atoms with Gasteiger partial charge in [0.1, 0.15) is 5.75 Å². The highest BCUT2D eigenvalue weighted by molar-refractivity contribution is 7.92. The maximum Gasteiger partial charge on any atom is 0.262 e. The van der Waals surface area contributed by atoms with Crippen LogP contribution < -0.4 is 19.7 Å². The Kier molecular flexibility index (Phi) is 5.55. The lowest BCUT2D eigenvalue weighted by atomic mass is 10.2. The first-order valence-corrected chi connectivity index (χ1v) is 10.2. The van der Waals surface area contributed by atoms with Crippen LogP contribution in [-0.2, 0) is 14.8 Å². The van der Waals surface area contributed by atoms with Gasteiger partial charge in [-0.2, -0.15) is 0 Å². The topological polar surface area (TPSA) is 87.7 Å². The minimum Gasteiger partial charge on any atom is -0.495 e. The molecule has 1 aliphatic heterocycles. The summed E-state index contributed by atoms with van der Waals surface area (Å²) in [5, 5.41) is 2.61. The molecule has 0 atom stereocenters. The third-order valence-corrected chi connectivity index (χ3v) is 5.76. The molecule has 1 amide bonds. The number of nitrogens with one attached hydrogen (secondary N) is 2. The number of sulfonamides is 1. The van der Waals surface area contributed by atoms with Crippen molar-refractivity contribution in [2.45, 2.75) is 24.7 Å². The fourth-order valence-corrected chi connectivity index (χ4v) is 4.13. The lowest BCUT2D eigenvalue weighted by Gasteiger charge is -2.20. The zero-order valence-electron chi connectivity index (χ0n) is 15.4. The molecule has 144 valence electrons. The molecule has 2 aromatic carbocycles. The Balaban J connectivity index is 1.85. The summed E-state index contributed by atoms with van der Waals surface area (Å²) in [5.74, 6) is 0.239. The van der Waals surface area contributed by atoms with E-state index in [1.807, 2.05) is 6.07 Å². The average Bonchev–Trinajstić information content (AvgIpc) is 3.16. The molecule has 0 spiro atoms. The number of hydrogen-bond donors (Lipinski definition) is 2. The van der Waals surface area contributed by atoms with Crippen LogP contribution in [-0.4, -0.2) is 34.5 Å². The fraction of sp³-hybridized carbons (Fsp3) is 0.316. The fourth-order valence-electron chi connectivity index (χ4n) is 3.07. The summed E-state index contributed by atoms with van der Waals surface area (Å²) < 4.78 is 33.5. The van der Waals surface area contributed by atoms with Crippen molar-refractivity contribution in [3.8, 4) is 5.75 Å². The third-order valence-electron chi connectivity index (χ3n) is 4.38. The maximum atomic E-state index is 12.8. The standard InChI is InChI=1S/C19H23N3O4S/c1-14(23)20-15-5-8-17(9-6-15)27(24,25)21-18-13-16(7-10-19(18)26-2)22-11-3-4-12-22/h5-10,13,21H,3-4,11-12H2,1-2H3,(H,20,23). The minimum absolute atomic E-state index is 0.102. The second-order valence-electron chi connectivity index (χ2n) is 6.39. The lowest BCUT2D eigenvalue weighted by Crippen LogP contribution is -2.18. The van der Waals surface area contributed by atoms with Gasteiger partial charge in [0.25, 0.3) is 10.0 Å². The molecule has 3 rings (SSSR count). The molecule has 8 heteroatoms. The van der Waals surface area contributed by atoms with Crippen molar-refractivity contribution in [1.29, 1.82) is 0 Å². The number of amides is 1. The summed E-state index contributed by atoms with van der Waals surface area (Å²) in [6.07, 6.45) is 2.27. The number of anilines is 3. The minimum atomic E-state index is -3.79. The van der Waals surface area contributed by atoms with E-state index in [1.165, 1.54) is 26.2 Å². The van der Waals surface area contributed by atoms with Crippen LogP contribution in [0.1, 0.15) is 19.8 Å². The molecule has 2 N–H and O–H groups in total. The highest BCUT2D eigenvalue weighted by Crippen LogP contribution is 2.32. The van der Waals surface area contributed by atoms with Gasteiger partial charge in [-0.15, -0.1) is 0 Å². The van der Waals surface area contributed by atoms with Gasteiger partial charge in [0.15, 0.2) is 0 Å². The van der Waals surface area contributed by atoms with Gasteiger partial charge in [-0.3, -0.25) is 9.52 Å². The Hall–Kier alpha value is -2.74. The van der Waals surface area contributed by atoms with E-state index in [0.717, 1.165) is 31.6 Å². The first-order valence-electron chi connectivity index (χ1n) is 8.72. The van der Waals surface area contributed by atoms with E-state index in [-0.39, 0.29) is 10.8 Å². The van der Waals surface area contributed by atoms with Crippen LogP contribution in [0.5, 0.6) is 5.75 Å². The lowest BCUT2D eigenvalue weighted by molar-refractivity contribution is -0.114. The van der Waals surface area contributed by atoms with Crippen molar-refractivity contribution in [3.63, 3.8) is 0 Å². The SMILES string of the molecule is COc1ccc(N2CCCC2)cc1NS(=O)(=O)c1ccc(NC(C)=O)cc1. The molecule has 0 bridgehead atoms. The smallest absolute Gasteiger partial charge is 0.262 e. The van der Waals surface area contributed by atoms with Crippen molar-refractivity contribution < 1.29 is 17.9 Å². The van der Waals surface area contributed by atoms with Crippen molar-refractivity contribution in [2.24, 2.45) is 0 Å². The molecular formula is C19H23N3O4S. The predicted molar refractivity (Wildman–Crippen MR) is 106 cm³/mol. The van der Waals surface area contributed by atoms with Crippen molar-refractivity contribution in [3.05, 3.63) is 42.5 Å². The normalized spacial score (nSPS) is 14.1. The van der Waals surface area contributed by atoms with Gasteiger partial charge in [-0.25, -0.2) is 8.42 Å².